The average Bonchev–Trinajstić information content (AvgIpc) is 4.26. The number of Topliss-reactive ketones (excluding diaryl/α,β-unsaturated/α-hetero) is 2. The third kappa shape index (κ3) is 12.1. The molecule has 2 saturated carbocycles. The van der Waals surface area contributed by atoms with Crippen molar-refractivity contribution in [2.75, 3.05) is 7.11 Å². The molecule has 0 bridgehead atoms. The molecule has 6 aromatic rings. The van der Waals surface area contributed by atoms with Crippen LogP contribution in [0.25, 0.3) is 45.6 Å². The highest BCUT2D eigenvalue weighted by Gasteiger charge is 2.53. The van der Waals surface area contributed by atoms with Crippen LogP contribution in [-0.4, -0.2) is 60.9 Å². The molecule has 0 aliphatic heterocycles. The third-order valence-electron chi connectivity index (χ3n) is 12.6. The maximum absolute atomic E-state index is 14.2. The molecule has 0 amide bonds. The Bertz CT molecular complexity index is 3060. The number of hydrogen-bond donors (Lipinski definition) is 1. The van der Waals surface area contributed by atoms with Gasteiger partial charge in [-0.3, -0.25) is 14.6 Å². The van der Waals surface area contributed by atoms with Crippen LogP contribution in [0.4, 0.5) is 35.1 Å². The molecule has 0 unspecified atom stereocenters. The molecule has 0 atom stereocenters. The molecule has 2 aliphatic carbocycles. The first-order valence-corrected chi connectivity index (χ1v) is 23.2. The molecular formula is C51H46Cl2F8N6O4. The van der Waals surface area contributed by atoms with Crippen LogP contribution in [0.3, 0.4) is 0 Å². The van der Waals surface area contributed by atoms with Crippen LogP contribution in [0.15, 0.2) is 77.6 Å². The van der Waals surface area contributed by atoms with Crippen LogP contribution >= 0.6 is 23.2 Å². The van der Waals surface area contributed by atoms with E-state index in [1.54, 1.807) is 48.5 Å². The van der Waals surface area contributed by atoms with E-state index in [0.717, 1.165) is 53.4 Å². The lowest BCUT2D eigenvalue weighted by atomic mass is 9.84. The minimum atomic E-state index is -4.65. The summed E-state index contributed by atoms with van der Waals surface area (Å²) in [5.41, 5.74) is -1.46. The lowest BCUT2D eigenvalue weighted by Gasteiger charge is -2.26. The standard InChI is InChI=1S/C26H24ClF4N3O2.C25H22ClF4N3O2/c1-25(2,26(29,30)31)21(35)11-5-14-4-9-19(27)18(12-14)23-32-22(33-24(34-23)36-3)16-8-10-20(28)17(13-16)15-6-7-15;1-24(2,25(28,29)30)20(34)10-4-13-3-8-18(26)17(11-13)22-31-21(32-23(35)33-22)15-7-9-19(27)16(12-15)14-5-6-14/h4,8-10,12-13,15H,5-7,11H2,1-3H3;3,7-9,11-12,14H,4-6,10H2,1-2H3,(H,31,32,33,35). The van der Waals surface area contributed by atoms with Crippen LogP contribution in [0.2, 0.25) is 10.0 Å². The van der Waals surface area contributed by atoms with Gasteiger partial charge in [0.05, 0.1) is 17.2 Å². The van der Waals surface area contributed by atoms with Gasteiger partial charge < -0.3 is 4.74 Å². The molecular weight excluding hydrogens is 983 g/mol. The van der Waals surface area contributed by atoms with Gasteiger partial charge in [-0.2, -0.15) is 41.3 Å². The van der Waals surface area contributed by atoms with Crippen molar-refractivity contribution < 1.29 is 49.4 Å². The van der Waals surface area contributed by atoms with Crippen LogP contribution in [0.5, 0.6) is 6.01 Å². The van der Waals surface area contributed by atoms with Crippen molar-refractivity contribution in [3.8, 4) is 51.6 Å². The van der Waals surface area contributed by atoms with Gasteiger partial charge in [0.25, 0.3) is 0 Å². The molecule has 2 heterocycles. The highest BCUT2D eigenvalue weighted by atomic mass is 35.5. The zero-order valence-electron chi connectivity index (χ0n) is 38.9. The molecule has 2 aromatic heterocycles. The number of aromatic nitrogens is 6. The SMILES string of the molecule is CC(C)(C(=O)CCc1ccc(Cl)c(-c2nc(-c3ccc(F)c(C4CC4)c3)nc(=O)[nH]2)c1)C(F)(F)F.COc1nc(-c2ccc(F)c(C3CC3)c2)nc(-c2cc(CCC(=O)C(C)(C)C(F)(F)F)ccc2Cl)n1. The van der Waals surface area contributed by atoms with Crippen molar-refractivity contribution in [2.45, 2.75) is 103 Å². The molecule has 0 radical (unpaired) electrons. The van der Waals surface area contributed by atoms with E-state index in [0.29, 0.717) is 49.5 Å². The first kappa shape index (κ1) is 52.7. The molecule has 20 heteroatoms. The first-order valence-electron chi connectivity index (χ1n) is 22.4. The summed E-state index contributed by atoms with van der Waals surface area (Å²) >= 11 is 12.7. The van der Waals surface area contributed by atoms with Crippen molar-refractivity contribution in [1.29, 1.82) is 0 Å². The van der Waals surface area contributed by atoms with Gasteiger partial charge in [0.1, 0.15) is 39.9 Å². The van der Waals surface area contributed by atoms with E-state index in [9.17, 15) is 49.5 Å². The number of alkyl halides is 6. The van der Waals surface area contributed by atoms with Gasteiger partial charge in [-0.25, -0.2) is 23.5 Å². The number of rotatable bonds is 15. The first-order chi connectivity index (χ1) is 33.3. The summed E-state index contributed by atoms with van der Waals surface area (Å²) in [6, 6.07) is 18.7. The highest BCUT2D eigenvalue weighted by molar-refractivity contribution is 6.33. The minimum absolute atomic E-state index is 0.0240. The van der Waals surface area contributed by atoms with Crippen molar-refractivity contribution >= 4 is 34.8 Å². The lowest BCUT2D eigenvalue weighted by Crippen LogP contribution is -2.39. The number of hydrogen-bond acceptors (Lipinski definition) is 9. The number of nitrogens with zero attached hydrogens (tertiary/aromatic N) is 5. The fourth-order valence-corrected chi connectivity index (χ4v) is 7.79. The number of nitrogens with one attached hydrogen (secondary N) is 1. The molecule has 4 aromatic carbocycles. The molecule has 1 N–H and O–H groups in total. The van der Waals surface area contributed by atoms with Crippen molar-refractivity contribution in [3.05, 3.63) is 127 Å². The number of ketones is 2. The molecule has 0 spiro atoms. The molecule has 2 aliphatic rings. The van der Waals surface area contributed by atoms with Crippen LogP contribution in [0.1, 0.15) is 100 Å². The fourth-order valence-electron chi connectivity index (χ4n) is 7.38. The van der Waals surface area contributed by atoms with E-state index in [2.05, 4.69) is 29.9 Å². The number of aromatic amines is 1. The van der Waals surface area contributed by atoms with Gasteiger partial charge in [-0.05, 0) is 161 Å². The van der Waals surface area contributed by atoms with E-state index in [-0.39, 0.29) is 83.5 Å². The van der Waals surface area contributed by atoms with Crippen molar-refractivity contribution in [1.82, 2.24) is 29.9 Å². The number of carbonyl (C=O) groups is 2. The van der Waals surface area contributed by atoms with E-state index < -0.39 is 40.4 Å². The van der Waals surface area contributed by atoms with E-state index >= 15 is 0 Å². The second-order valence-electron chi connectivity index (χ2n) is 18.5. The van der Waals surface area contributed by atoms with Crippen molar-refractivity contribution in [2.24, 2.45) is 10.8 Å². The summed E-state index contributed by atoms with van der Waals surface area (Å²) in [4.78, 5) is 60.7. The number of benzene rings is 4. The lowest BCUT2D eigenvalue weighted by molar-refractivity contribution is -0.211. The monoisotopic (exact) mass is 1030 g/mol. The Kier molecular flexibility index (Phi) is 15.2. The Morgan fingerprint density at radius 1 is 0.606 bits per heavy atom. The number of ether oxygens (including phenoxy) is 1. The summed E-state index contributed by atoms with van der Waals surface area (Å²) in [6.45, 7) is 3.48. The largest absolute Gasteiger partial charge is 0.467 e. The Morgan fingerprint density at radius 2 is 1.04 bits per heavy atom. The van der Waals surface area contributed by atoms with Crippen LogP contribution in [-0.2, 0) is 22.4 Å². The molecule has 374 valence electrons. The van der Waals surface area contributed by atoms with Gasteiger partial charge in [-0.1, -0.05) is 35.3 Å². The highest BCUT2D eigenvalue weighted by Crippen LogP contribution is 2.44. The third-order valence-corrected chi connectivity index (χ3v) is 13.3. The number of methoxy groups -OCH3 is 1. The number of carbonyl (C=O) groups excluding carboxylic acids is 2. The minimum Gasteiger partial charge on any atom is -0.467 e. The fraction of sp³-hybridized carbons (Fsp3) is 0.373. The van der Waals surface area contributed by atoms with Gasteiger partial charge in [0.2, 0.25) is 0 Å². The topological polar surface area (TPSA) is 141 Å². The summed E-state index contributed by atoms with van der Waals surface area (Å²) in [6.07, 6.45) is -6.11. The predicted octanol–water partition coefficient (Wildman–Crippen LogP) is 13.2. The maximum atomic E-state index is 14.2. The molecule has 0 saturated heterocycles. The van der Waals surface area contributed by atoms with Gasteiger partial charge in [0, 0.05) is 35.1 Å². The van der Waals surface area contributed by atoms with E-state index in [1.807, 2.05) is 0 Å². The van der Waals surface area contributed by atoms with E-state index in [1.165, 1.54) is 31.4 Å². The van der Waals surface area contributed by atoms with Gasteiger partial charge in [0.15, 0.2) is 17.5 Å². The van der Waals surface area contributed by atoms with Crippen LogP contribution in [0, 0.1) is 22.5 Å². The number of halogens is 10. The Balaban J connectivity index is 0.000000209. The zero-order valence-corrected chi connectivity index (χ0v) is 40.4. The predicted molar refractivity (Wildman–Crippen MR) is 251 cm³/mol. The molecule has 2 fully saturated rings. The smallest absolute Gasteiger partial charge is 0.400 e. The van der Waals surface area contributed by atoms with E-state index in [4.69, 9.17) is 27.9 Å². The normalized spacial score (nSPS) is 14.2. The van der Waals surface area contributed by atoms with Crippen LogP contribution < -0.4 is 10.4 Å². The Morgan fingerprint density at radius 3 is 1.49 bits per heavy atom. The van der Waals surface area contributed by atoms with Gasteiger partial charge in [-0.15, -0.1) is 0 Å². The second-order valence-corrected chi connectivity index (χ2v) is 19.4. The number of H-pyrrole nitrogens is 1. The van der Waals surface area contributed by atoms with Gasteiger partial charge >= 0.3 is 24.1 Å². The average molecular weight is 1030 g/mol. The summed E-state index contributed by atoms with van der Waals surface area (Å²) < 4.78 is 113. The Labute approximate surface area is 412 Å². The quantitative estimate of drug-likeness (QED) is 0.0995. The molecule has 8 rings (SSSR count). The summed E-state index contributed by atoms with van der Waals surface area (Å²) in [5.74, 6) is -1.45. The van der Waals surface area contributed by atoms with Crippen molar-refractivity contribution in [3.63, 3.8) is 0 Å². The Hall–Kier alpha value is -6.14. The maximum Gasteiger partial charge on any atom is 0.400 e. The molecule has 71 heavy (non-hydrogen) atoms. The number of aryl methyl sites for hydroxylation is 2. The summed E-state index contributed by atoms with van der Waals surface area (Å²) in [7, 11) is 1.40. The molecule has 10 nitrogen and oxygen atoms in total. The second kappa shape index (κ2) is 20.5. The zero-order chi connectivity index (χ0) is 51.8. The summed E-state index contributed by atoms with van der Waals surface area (Å²) in [5, 5.41) is 0.548.